The van der Waals surface area contributed by atoms with Gasteiger partial charge in [0.25, 0.3) is 0 Å². The normalized spacial score (nSPS) is 12.5. The van der Waals surface area contributed by atoms with Crippen molar-refractivity contribution in [3.8, 4) is 0 Å². The van der Waals surface area contributed by atoms with Crippen molar-refractivity contribution in [2.75, 3.05) is 11.1 Å². The molecule has 2 heterocycles. The fraction of sp³-hybridized carbons (Fsp3) is 0.200. The molecule has 2 aromatic heterocycles. The summed E-state index contributed by atoms with van der Waals surface area (Å²) >= 11 is 0. The third-order valence-electron chi connectivity index (χ3n) is 3.30. The monoisotopic (exact) mass is 267 g/mol. The number of anilines is 2. The number of hydrogen-bond donors (Lipinski definition) is 2. The smallest absolute Gasteiger partial charge is 0.152 e. The van der Waals surface area contributed by atoms with Crippen molar-refractivity contribution in [1.82, 2.24) is 14.6 Å². The largest absolute Gasteiger partial charge is 0.399 e. The first kappa shape index (κ1) is 12.5. The molecule has 0 saturated heterocycles. The van der Waals surface area contributed by atoms with Gasteiger partial charge in [-0.15, -0.1) is 0 Å². The molecule has 1 atom stereocenters. The molecule has 1 aromatic carbocycles. The van der Waals surface area contributed by atoms with E-state index in [1.807, 2.05) is 48.0 Å². The predicted octanol–water partition coefficient (Wildman–Crippen LogP) is 2.79. The van der Waals surface area contributed by atoms with Crippen LogP contribution < -0.4 is 11.1 Å². The van der Waals surface area contributed by atoms with Crippen LogP contribution in [0.5, 0.6) is 0 Å². The summed E-state index contributed by atoms with van der Waals surface area (Å²) in [5.41, 5.74) is 9.60. The average molecular weight is 267 g/mol. The lowest BCUT2D eigenvalue weighted by atomic mass is 10.1. The van der Waals surface area contributed by atoms with Crippen LogP contribution in [0.4, 0.5) is 11.5 Å². The van der Waals surface area contributed by atoms with Crippen molar-refractivity contribution in [3.63, 3.8) is 0 Å². The third-order valence-corrected chi connectivity index (χ3v) is 3.30. The Labute approximate surface area is 117 Å². The van der Waals surface area contributed by atoms with E-state index in [1.165, 1.54) is 5.56 Å². The van der Waals surface area contributed by atoms with Crippen molar-refractivity contribution >= 4 is 17.0 Å². The maximum atomic E-state index is 5.71. The number of fused-ring (bicyclic) bond motifs is 1. The van der Waals surface area contributed by atoms with Crippen LogP contribution >= 0.6 is 0 Å². The summed E-state index contributed by atoms with van der Waals surface area (Å²) in [5, 5.41) is 7.81. The molecular formula is C15H17N5. The van der Waals surface area contributed by atoms with Gasteiger partial charge in [-0.25, -0.2) is 9.50 Å². The molecule has 0 bridgehead atoms. The van der Waals surface area contributed by atoms with Crippen LogP contribution in [0.1, 0.15) is 24.2 Å². The zero-order valence-corrected chi connectivity index (χ0v) is 11.5. The van der Waals surface area contributed by atoms with Gasteiger partial charge in [0.05, 0.1) is 11.7 Å². The van der Waals surface area contributed by atoms with Crippen LogP contribution in [0.25, 0.3) is 5.52 Å². The van der Waals surface area contributed by atoms with Gasteiger partial charge >= 0.3 is 0 Å². The number of aryl methyl sites for hydroxylation is 1. The van der Waals surface area contributed by atoms with E-state index < -0.39 is 0 Å². The van der Waals surface area contributed by atoms with E-state index in [-0.39, 0.29) is 6.04 Å². The second-order valence-electron chi connectivity index (χ2n) is 4.92. The van der Waals surface area contributed by atoms with Crippen LogP contribution in [0.3, 0.4) is 0 Å². The van der Waals surface area contributed by atoms with Crippen LogP contribution in [0, 0.1) is 6.92 Å². The van der Waals surface area contributed by atoms with Gasteiger partial charge in [0.15, 0.2) is 5.82 Å². The number of aromatic nitrogens is 3. The molecule has 0 aliphatic rings. The number of rotatable bonds is 3. The standard InChI is InChI=1S/C15H17N5/c1-10-9-14-15(17-7-8-20(14)19-10)18-11(2)12-3-5-13(16)6-4-12/h3-9,11H,16H2,1-2H3,(H,17,18). The molecule has 0 radical (unpaired) electrons. The second kappa shape index (κ2) is 4.85. The number of nitrogens with zero attached hydrogens (tertiary/aromatic N) is 3. The van der Waals surface area contributed by atoms with Gasteiger partial charge in [0, 0.05) is 18.1 Å². The molecule has 0 aliphatic heterocycles. The third kappa shape index (κ3) is 2.30. The summed E-state index contributed by atoms with van der Waals surface area (Å²) in [6, 6.07) is 10.0. The minimum Gasteiger partial charge on any atom is -0.399 e. The van der Waals surface area contributed by atoms with Crippen molar-refractivity contribution in [3.05, 3.63) is 54.0 Å². The minimum atomic E-state index is 0.143. The molecule has 0 amide bonds. The first-order chi connectivity index (χ1) is 9.63. The van der Waals surface area contributed by atoms with Gasteiger partial charge in [-0.3, -0.25) is 0 Å². The summed E-state index contributed by atoms with van der Waals surface area (Å²) < 4.78 is 1.83. The molecular weight excluding hydrogens is 250 g/mol. The summed E-state index contributed by atoms with van der Waals surface area (Å²) in [7, 11) is 0. The van der Waals surface area contributed by atoms with Gasteiger partial charge in [0.2, 0.25) is 0 Å². The van der Waals surface area contributed by atoms with Gasteiger partial charge < -0.3 is 11.1 Å². The highest BCUT2D eigenvalue weighted by Gasteiger charge is 2.10. The molecule has 0 aliphatic carbocycles. The lowest BCUT2D eigenvalue weighted by Crippen LogP contribution is -2.09. The Balaban J connectivity index is 1.90. The van der Waals surface area contributed by atoms with E-state index in [1.54, 1.807) is 6.20 Å². The maximum Gasteiger partial charge on any atom is 0.152 e. The fourth-order valence-electron chi connectivity index (χ4n) is 2.23. The molecule has 0 spiro atoms. The summed E-state index contributed by atoms with van der Waals surface area (Å²) in [5.74, 6) is 0.831. The zero-order chi connectivity index (χ0) is 14.1. The SMILES string of the molecule is Cc1cc2c(NC(C)c3ccc(N)cc3)nccn2n1. The Morgan fingerprint density at radius 3 is 2.75 bits per heavy atom. The highest BCUT2D eigenvalue weighted by molar-refractivity contribution is 5.68. The fourth-order valence-corrected chi connectivity index (χ4v) is 2.23. The maximum absolute atomic E-state index is 5.71. The van der Waals surface area contributed by atoms with Crippen LogP contribution in [0.15, 0.2) is 42.7 Å². The molecule has 5 nitrogen and oxygen atoms in total. The van der Waals surface area contributed by atoms with Crippen molar-refractivity contribution in [2.45, 2.75) is 19.9 Å². The van der Waals surface area contributed by atoms with E-state index in [4.69, 9.17) is 5.73 Å². The van der Waals surface area contributed by atoms with E-state index in [0.29, 0.717) is 0 Å². The number of nitrogens with two attached hydrogens (primary N) is 1. The highest BCUT2D eigenvalue weighted by atomic mass is 15.2. The lowest BCUT2D eigenvalue weighted by molar-refractivity contribution is 0.864. The molecule has 3 rings (SSSR count). The molecule has 3 N–H and O–H groups in total. The van der Waals surface area contributed by atoms with E-state index in [9.17, 15) is 0 Å². The molecule has 102 valence electrons. The molecule has 0 fully saturated rings. The Morgan fingerprint density at radius 1 is 1.25 bits per heavy atom. The first-order valence-corrected chi connectivity index (χ1v) is 6.56. The summed E-state index contributed by atoms with van der Waals surface area (Å²) in [6.07, 6.45) is 3.60. The van der Waals surface area contributed by atoms with Crippen molar-refractivity contribution in [2.24, 2.45) is 0 Å². The van der Waals surface area contributed by atoms with Gasteiger partial charge in [-0.2, -0.15) is 5.10 Å². The Bertz CT molecular complexity index is 730. The Morgan fingerprint density at radius 2 is 2.00 bits per heavy atom. The molecule has 5 heteroatoms. The number of benzene rings is 1. The Hall–Kier alpha value is -2.56. The van der Waals surface area contributed by atoms with Crippen LogP contribution in [-0.2, 0) is 0 Å². The number of nitrogens with one attached hydrogen (secondary N) is 1. The number of hydrogen-bond acceptors (Lipinski definition) is 4. The zero-order valence-electron chi connectivity index (χ0n) is 11.5. The first-order valence-electron chi connectivity index (χ1n) is 6.56. The molecule has 20 heavy (non-hydrogen) atoms. The van der Waals surface area contributed by atoms with Gasteiger partial charge in [0.1, 0.15) is 5.52 Å². The summed E-state index contributed by atoms with van der Waals surface area (Å²) in [4.78, 5) is 4.41. The Kier molecular flexibility index (Phi) is 3.02. The van der Waals surface area contributed by atoms with E-state index in [0.717, 1.165) is 22.7 Å². The quantitative estimate of drug-likeness (QED) is 0.716. The second-order valence-corrected chi connectivity index (χ2v) is 4.92. The van der Waals surface area contributed by atoms with Crippen molar-refractivity contribution in [1.29, 1.82) is 0 Å². The van der Waals surface area contributed by atoms with E-state index >= 15 is 0 Å². The van der Waals surface area contributed by atoms with Gasteiger partial charge in [-0.05, 0) is 37.6 Å². The number of nitrogen functional groups attached to an aromatic ring is 1. The topological polar surface area (TPSA) is 68.2 Å². The highest BCUT2D eigenvalue weighted by Crippen LogP contribution is 2.22. The molecule has 3 aromatic rings. The van der Waals surface area contributed by atoms with Crippen molar-refractivity contribution < 1.29 is 0 Å². The predicted molar refractivity (Wildman–Crippen MR) is 80.6 cm³/mol. The summed E-state index contributed by atoms with van der Waals surface area (Å²) in [6.45, 7) is 4.07. The van der Waals surface area contributed by atoms with Crippen LogP contribution in [0.2, 0.25) is 0 Å². The van der Waals surface area contributed by atoms with Gasteiger partial charge in [-0.1, -0.05) is 12.1 Å². The van der Waals surface area contributed by atoms with E-state index in [2.05, 4.69) is 22.3 Å². The molecule has 1 unspecified atom stereocenters. The minimum absolute atomic E-state index is 0.143. The lowest BCUT2D eigenvalue weighted by Gasteiger charge is -2.15. The van der Waals surface area contributed by atoms with Crippen LogP contribution in [-0.4, -0.2) is 14.6 Å². The molecule has 0 saturated carbocycles. The average Bonchev–Trinajstić information content (AvgIpc) is 2.81.